The van der Waals surface area contributed by atoms with Gasteiger partial charge < -0.3 is 13.9 Å². The molecule has 0 saturated heterocycles. The average molecular weight is 729 g/mol. The Bertz CT molecular complexity index is 3220. The lowest BCUT2D eigenvalue weighted by molar-refractivity contribution is 0.673. The van der Waals surface area contributed by atoms with Crippen molar-refractivity contribution in [1.82, 2.24) is 4.57 Å². The number of aromatic nitrogens is 1. The van der Waals surface area contributed by atoms with Crippen molar-refractivity contribution in [3.63, 3.8) is 0 Å². The number of anilines is 3. The van der Waals surface area contributed by atoms with Crippen LogP contribution in [0, 0.1) is 0 Å². The summed E-state index contributed by atoms with van der Waals surface area (Å²) < 4.78 is 9.32. The van der Waals surface area contributed by atoms with Gasteiger partial charge in [-0.25, -0.2) is 0 Å². The minimum Gasteiger partial charge on any atom is -0.455 e. The maximum absolute atomic E-state index is 6.98. The van der Waals surface area contributed by atoms with Crippen molar-refractivity contribution < 1.29 is 4.42 Å². The van der Waals surface area contributed by atoms with E-state index in [2.05, 4.69) is 228 Å². The van der Waals surface area contributed by atoms with Crippen molar-refractivity contribution in [2.24, 2.45) is 0 Å². The van der Waals surface area contributed by atoms with Gasteiger partial charge >= 0.3 is 0 Å². The van der Waals surface area contributed by atoms with Crippen LogP contribution in [0.4, 0.5) is 17.1 Å². The minimum absolute atomic E-state index is 0.850. The molecule has 3 heteroatoms. The second-order valence-corrected chi connectivity index (χ2v) is 14.5. The highest BCUT2D eigenvalue weighted by atomic mass is 16.3. The molecule has 0 N–H and O–H groups in total. The Hall–Kier alpha value is -7.62. The average Bonchev–Trinajstić information content (AvgIpc) is 3.83. The zero-order chi connectivity index (χ0) is 37.7. The lowest BCUT2D eigenvalue weighted by Gasteiger charge is -2.26. The van der Waals surface area contributed by atoms with Gasteiger partial charge in [0.25, 0.3) is 0 Å². The zero-order valence-corrected chi connectivity index (χ0v) is 31.1. The first-order valence-corrected chi connectivity index (χ1v) is 19.4. The van der Waals surface area contributed by atoms with Crippen molar-refractivity contribution in [3.05, 3.63) is 218 Å². The Balaban J connectivity index is 1.09. The van der Waals surface area contributed by atoms with Crippen molar-refractivity contribution in [2.75, 3.05) is 4.90 Å². The number of benzene rings is 9. The molecule has 3 nitrogen and oxygen atoms in total. The van der Waals surface area contributed by atoms with E-state index in [0.29, 0.717) is 0 Å². The molecule has 57 heavy (non-hydrogen) atoms. The molecule has 0 unspecified atom stereocenters. The van der Waals surface area contributed by atoms with E-state index >= 15 is 0 Å². The van der Waals surface area contributed by atoms with Crippen molar-refractivity contribution >= 4 is 60.8 Å². The highest BCUT2D eigenvalue weighted by molar-refractivity contribution is 6.24. The summed E-state index contributed by atoms with van der Waals surface area (Å²) in [5, 5.41) is 4.51. The fourth-order valence-corrected chi connectivity index (χ4v) is 8.57. The SMILES string of the molecule is c1ccc(-c2ccc(N(c3cccc(-c4ccccc4-c4ccccc4)c3)c3ccc4c(c3)oc3c4ccc4c3c3ccccc3n4-c3ccccc3)cc2)cc1. The number of hydrogen-bond donors (Lipinski definition) is 0. The summed E-state index contributed by atoms with van der Waals surface area (Å²) in [6, 6.07) is 77.9. The molecular formula is C54H36N2O. The molecule has 0 radical (unpaired) electrons. The monoisotopic (exact) mass is 728 g/mol. The van der Waals surface area contributed by atoms with Crippen molar-refractivity contribution in [2.45, 2.75) is 0 Å². The van der Waals surface area contributed by atoms with Crippen LogP contribution in [0.15, 0.2) is 223 Å². The maximum atomic E-state index is 6.98. The van der Waals surface area contributed by atoms with Crippen molar-refractivity contribution in [1.29, 1.82) is 0 Å². The van der Waals surface area contributed by atoms with Gasteiger partial charge in [0.05, 0.1) is 16.4 Å². The topological polar surface area (TPSA) is 21.3 Å². The predicted octanol–water partition coefficient (Wildman–Crippen LogP) is 15.2. The lowest BCUT2D eigenvalue weighted by atomic mass is 9.94. The van der Waals surface area contributed by atoms with Gasteiger partial charge in [-0.2, -0.15) is 0 Å². The molecule has 0 atom stereocenters. The van der Waals surface area contributed by atoms with E-state index in [1.165, 1.54) is 33.2 Å². The first-order chi connectivity index (χ1) is 28.3. The molecule has 2 aromatic heterocycles. The molecule has 0 spiro atoms. The largest absolute Gasteiger partial charge is 0.455 e. The maximum Gasteiger partial charge on any atom is 0.145 e. The Kier molecular flexibility index (Phi) is 7.82. The Morgan fingerprint density at radius 1 is 0.351 bits per heavy atom. The molecule has 2 heterocycles. The standard InChI is InChI=1S/C54H36N2O/c1-4-15-37(16-5-1)38-27-29-42(30-28-38)55(43-22-14-19-40(35-43)46-24-11-10-23-45(46)39-17-6-2-7-18-39)44-31-32-47-48-33-34-51-53(54(48)57-52(47)36-44)49-25-12-13-26-50(49)56(51)41-20-8-3-9-21-41/h1-36H. The van der Waals surface area contributed by atoms with E-state index in [-0.39, 0.29) is 0 Å². The van der Waals surface area contributed by atoms with E-state index in [1.54, 1.807) is 0 Å². The molecule has 0 aliphatic carbocycles. The zero-order valence-electron chi connectivity index (χ0n) is 31.1. The second kappa shape index (κ2) is 13.6. The molecule has 0 aliphatic heterocycles. The Morgan fingerprint density at radius 3 is 1.70 bits per heavy atom. The smallest absolute Gasteiger partial charge is 0.145 e. The number of hydrogen-bond acceptors (Lipinski definition) is 2. The predicted molar refractivity (Wildman–Crippen MR) is 239 cm³/mol. The normalized spacial score (nSPS) is 11.5. The van der Waals surface area contributed by atoms with E-state index in [0.717, 1.165) is 66.7 Å². The second-order valence-electron chi connectivity index (χ2n) is 14.5. The molecule has 0 amide bonds. The number of fused-ring (bicyclic) bond motifs is 7. The third-order valence-electron chi connectivity index (χ3n) is 11.2. The molecule has 11 rings (SSSR count). The van der Waals surface area contributed by atoms with Gasteiger partial charge in [-0.1, -0.05) is 146 Å². The molecule has 0 fully saturated rings. The lowest BCUT2D eigenvalue weighted by Crippen LogP contribution is -2.10. The fourth-order valence-electron chi connectivity index (χ4n) is 8.57. The van der Waals surface area contributed by atoms with E-state index in [1.807, 2.05) is 0 Å². The van der Waals surface area contributed by atoms with Crippen LogP contribution in [-0.2, 0) is 0 Å². The van der Waals surface area contributed by atoms with Crippen LogP contribution in [0.1, 0.15) is 0 Å². The van der Waals surface area contributed by atoms with Gasteiger partial charge in [0.15, 0.2) is 0 Å². The number of rotatable bonds is 7. The van der Waals surface area contributed by atoms with Gasteiger partial charge in [0.2, 0.25) is 0 Å². The summed E-state index contributed by atoms with van der Waals surface area (Å²) in [6.07, 6.45) is 0. The number of nitrogens with zero attached hydrogens (tertiary/aromatic N) is 2. The van der Waals surface area contributed by atoms with Crippen LogP contribution in [0.2, 0.25) is 0 Å². The van der Waals surface area contributed by atoms with Gasteiger partial charge in [-0.15, -0.1) is 0 Å². The highest BCUT2D eigenvalue weighted by Crippen LogP contribution is 2.44. The third kappa shape index (κ3) is 5.60. The van der Waals surface area contributed by atoms with Crippen molar-refractivity contribution in [3.8, 4) is 39.1 Å². The minimum atomic E-state index is 0.850. The summed E-state index contributed by atoms with van der Waals surface area (Å²) >= 11 is 0. The van der Waals surface area contributed by atoms with Crippen LogP contribution in [0.3, 0.4) is 0 Å². The van der Waals surface area contributed by atoms with Crippen LogP contribution in [0.25, 0.3) is 82.8 Å². The van der Waals surface area contributed by atoms with Crippen LogP contribution in [0.5, 0.6) is 0 Å². The Labute approximate surface area is 330 Å². The molecular weight excluding hydrogens is 693 g/mol. The van der Waals surface area contributed by atoms with E-state index in [4.69, 9.17) is 4.42 Å². The molecule has 0 saturated carbocycles. The quantitative estimate of drug-likeness (QED) is 0.163. The van der Waals surface area contributed by atoms with Crippen LogP contribution < -0.4 is 4.90 Å². The van der Waals surface area contributed by atoms with Gasteiger partial charge in [0.1, 0.15) is 11.2 Å². The van der Waals surface area contributed by atoms with Gasteiger partial charge in [0, 0.05) is 45.0 Å². The number of furan rings is 1. The molecule has 11 aromatic rings. The van der Waals surface area contributed by atoms with E-state index in [9.17, 15) is 0 Å². The molecule has 268 valence electrons. The first-order valence-electron chi connectivity index (χ1n) is 19.4. The Morgan fingerprint density at radius 2 is 0.930 bits per heavy atom. The highest BCUT2D eigenvalue weighted by Gasteiger charge is 2.21. The summed E-state index contributed by atoms with van der Waals surface area (Å²) in [4.78, 5) is 2.34. The van der Waals surface area contributed by atoms with E-state index < -0.39 is 0 Å². The van der Waals surface area contributed by atoms with Gasteiger partial charge in [-0.05, 0) is 100 Å². The summed E-state index contributed by atoms with van der Waals surface area (Å²) in [7, 11) is 0. The molecule has 9 aromatic carbocycles. The number of para-hydroxylation sites is 2. The summed E-state index contributed by atoms with van der Waals surface area (Å²) in [5.74, 6) is 0. The fraction of sp³-hybridized carbons (Fsp3) is 0. The molecule has 0 bridgehead atoms. The summed E-state index contributed by atoms with van der Waals surface area (Å²) in [6.45, 7) is 0. The van der Waals surface area contributed by atoms with Crippen LogP contribution in [-0.4, -0.2) is 4.57 Å². The van der Waals surface area contributed by atoms with Gasteiger partial charge in [-0.3, -0.25) is 0 Å². The summed E-state index contributed by atoms with van der Waals surface area (Å²) in [5.41, 5.74) is 15.4. The van der Waals surface area contributed by atoms with Crippen LogP contribution >= 0.6 is 0 Å². The third-order valence-corrected chi connectivity index (χ3v) is 11.2. The first kappa shape index (κ1) is 32.8. The molecule has 0 aliphatic rings.